The number of hydrogen-bond donors (Lipinski definition) is 1. The number of aromatic nitrogens is 2. The van der Waals surface area contributed by atoms with Gasteiger partial charge in [-0.05, 0) is 59.2 Å². The van der Waals surface area contributed by atoms with Gasteiger partial charge in [0.25, 0.3) is 0 Å². The van der Waals surface area contributed by atoms with Crippen molar-refractivity contribution in [3.63, 3.8) is 0 Å². The fourth-order valence-corrected chi connectivity index (χ4v) is 2.22. The summed E-state index contributed by atoms with van der Waals surface area (Å²) in [6.07, 6.45) is 0.846. The van der Waals surface area contributed by atoms with Crippen LogP contribution in [0.15, 0.2) is 24.3 Å². The number of nitrogen functional groups attached to an aromatic ring is 1. The molecule has 3 nitrogen and oxygen atoms in total. The smallest absolute Gasteiger partial charge is 0.161 e. The molecule has 0 amide bonds. The van der Waals surface area contributed by atoms with Gasteiger partial charge in [0, 0.05) is 5.56 Å². The predicted molar refractivity (Wildman–Crippen MR) is 83.1 cm³/mol. The average molecular weight is 371 g/mol. The van der Waals surface area contributed by atoms with E-state index >= 15 is 0 Å². The van der Waals surface area contributed by atoms with Gasteiger partial charge in [-0.3, -0.25) is 0 Å². The lowest BCUT2D eigenvalue weighted by Crippen LogP contribution is -2.07. The standard InChI is InChI=1S/C14H15FIN3/c1-8(2)7-11-12(16)13(17)19-14(18-11)9-3-5-10(15)6-4-9/h3-6,8H,7H2,1-2H3,(H2,17,18,19). The van der Waals surface area contributed by atoms with E-state index < -0.39 is 0 Å². The zero-order valence-corrected chi connectivity index (χ0v) is 13.0. The van der Waals surface area contributed by atoms with Crippen LogP contribution in [0.1, 0.15) is 19.5 Å². The maximum Gasteiger partial charge on any atom is 0.161 e. The van der Waals surface area contributed by atoms with Crippen molar-refractivity contribution in [2.24, 2.45) is 5.92 Å². The highest BCUT2D eigenvalue weighted by atomic mass is 127. The lowest BCUT2D eigenvalue weighted by Gasteiger charge is -2.10. The van der Waals surface area contributed by atoms with Crippen LogP contribution in [0.3, 0.4) is 0 Å². The largest absolute Gasteiger partial charge is 0.383 e. The molecule has 1 aromatic carbocycles. The molecule has 0 fully saturated rings. The Kier molecular flexibility index (Phi) is 4.34. The lowest BCUT2D eigenvalue weighted by molar-refractivity contribution is 0.628. The molecule has 0 unspecified atom stereocenters. The molecule has 1 heterocycles. The number of nitrogens with zero attached hydrogens (tertiary/aromatic N) is 2. The van der Waals surface area contributed by atoms with Crippen LogP contribution in [0.25, 0.3) is 11.4 Å². The van der Waals surface area contributed by atoms with E-state index in [9.17, 15) is 4.39 Å². The fraction of sp³-hybridized carbons (Fsp3) is 0.286. The fourth-order valence-electron chi connectivity index (χ4n) is 1.76. The number of benzene rings is 1. The van der Waals surface area contributed by atoms with Crippen LogP contribution in [0.5, 0.6) is 0 Å². The first-order valence-electron chi connectivity index (χ1n) is 6.05. The highest BCUT2D eigenvalue weighted by molar-refractivity contribution is 14.1. The summed E-state index contributed by atoms with van der Waals surface area (Å²) in [7, 11) is 0. The molecule has 2 aromatic rings. The van der Waals surface area contributed by atoms with E-state index in [2.05, 4.69) is 46.4 Å². The monoisotopic (exact) mass is 371 g/mol. The Hall–Kier alpha value is -1.24. The molecule has 0 aliphatic heterocycles. The Morgan fingerprint density at radius 1 is 1.21 bits per heavy atom. The summed E-state index contributed by atoms with van der Waals surface area (Å²) in [5.74, 6) is 1.24. The van der Waals surface area contributed by atoms with Gasteiger partial charge in [0.2, 0.25) is 0 Å². The van der Waals surface area contributed by atoms with Crippen molar-refractivity contribution in [1.82, 2.24) is 9.97 Å². The quantitative estimate of drug-likeness (QED) is 0.838. The normalized spacial score (nSPS) is 11.0. The minimum Gasteiger partial charge on any atom is -0.383 e. The summed E-state index contributed by atoms with van der Waals surface area (Å²) in [5, 5.41) is 0. The number of nitrogens with two attached hydrogens (primary N) is 1. The predicted octanol–water partition coefficient (Wildman–Crippen LogP) is 3.67. The minimum absolute atomic E-state index is 0.273. The van der Waals surface area contributed by atoms with E-state index in [1.807, 2.05) is 0 Å². The molecule has 0 radical (unpaired) electrons. The molecule has 1 aromatic heterocycles. The van der Waals surface area contributed by atoms with Crippen LogP contribution in [-0.4, -0.2) is 9.97 Å². The molecule has 0 aliphatic carbocycles. The van der Waals surface area contributed by atoms with Gasteiger partial charge in [-0.15, -0.1) is 0 Å². The highest BCUT2D eigenvalue weighted by Gasteiger charge is 2.12. The summed E-state index contributed by atoms with van der Waals surface area (Å²) >= 11 is 2.17. The van der Waals surface area contributed by atoms with E-state index in [1.54, 1.807) is 12.1 Å². The average Bonchev–Trinajstić information content (AvgIpc) is 2.35. The van der Waals surface area contributed by atoms with E-state index in [4.69, 9.17) is 5.73 Å². The zero-order valence-electron chi connectivity index (χ0n) is 10.8. The molecular weight excluding hydrogens is 356 g/mol. The second kappa shape index (κ2) is 5.81. The van der Waals surface area contributed by atoms with Crippen LogP contribution in [-0.2, 0) is 6.42 Å². The number of halogens is 2. The minimum atomic E-state index is -0.273. The molecule has 0 saturated carbocycles. The second-order valence-corrected chi connectivity index (χ2v) is 5.88. The lowest BCUT2D eigenvalue weighted by atomic mass is 10.1. The SMILES string of the molecule is CC(C)Cc1nc(-c2ccc(F)cc2)nc(N)c1I. The number of anilines is 1. The summed E-state index contributed by atoms with van der Waals surface area (Å²) in [5.41, 5.74) is 7.65. The molecule has 0 atom stereocenters. The summed E-state index contributed by atoms with van der Waals surface area (Å²) in [6, 6.07) is 6.12. The molecule has 0 saturated heterocycles. The van der Waals surface area contributed by atoms with Gasteiger partial charge in [-0.2, -0.15) is 0 Å². The van der Waals surface area contributed by atoms with Crippen LogP contribution < -0.4 is 5.73 Å². The Bertz CT molecular complexity index is 582. The topological polar surface area (TPSA) is 51.8 Å². The van der Waals surface area contributed by atoms with Crippen molar-refractivity contribution in [3.8, 4) is 11.4 Å². The molecular formula is C14H15FIN3. The van der Waals surface area contributed by atoms with Crippen LogP contribution in [0, 0.1) is 15.3 Å². The summed E-state index contributed by atoms with van der Waals surface area (Å²) in [6.45, 7) is 4.26. The first-order valence-corrected chi connectivity index (χ1v) is 7.13. The third kappa shape index (κ3) is 3.40. The van der Waals surface area contributed by atoms with Crippen molar-refractivity contribution >= 4 is 28.4 Å². The van der Waals surface area contributed by atoms with Crippen molar-refractivity contribution in [1.29, 1.82) is 0 Å². The molecule has 0 aliphatic rings. The van der Waals surface area contributed by atoms with Crippen LogP contribution >= 0.6 is 22.6 Å². The first-order chi connectivity index (χ1) is 8.97. The van der Waals surface area contributed by atoms with Gasteiger partial charge in [0.05, 0.1) is 9.26 Å². The van der Waals surface area contributed by atoms with Crippen LogP contribution in [0.4, 0.5) is 10.2 Å². The zero-order chi connectivity index (χ0) is 14.0. The maximum absolute atomic E-state index is 12.9. The third-order valence-electron chi connectivity index (χ3n) is 2.65. The molecule has 0 bridgehead atoms. The molecule has 19 heavy (non-hydrogen) atoms. The van der Waals surface area contributed by atoms with E-state index in [0.717, 1.165) is 21.2 Å². The molecule has 5 heteroatoms. The van der Waals surface area contributed by atoms with E-state index in [0.29, 0.717) is 17.6 Å². The summed E-state index contributed by atoms with van der Waals surface area (Å²) in [4.78, 5) is 8.83. The number of hydrogen-bond acceptors (Lipinski definition) is 3. The second-order valence-electron chi connectivity index (χ2n) is 4.80. The van der Waals surface area contributed by atoms with Crippen molar-refractivity contribution in [2.75, 3.05) is 5.73 Å². The van der Waals surface area contributed by atoms with Gasteiger partial charge in [-0.25, -0.2) is 14.4 Å². The Labute approximate surface area is 125 Å². The molecule has 100 valence electrons. The van der Waals surface area contributed by atoms with Crippen molar-refractivity contribution < 1.29 is 4.39 Å². The summed E-state index contributed by atoms with van der Waals surface area (Å²) < 4.78 is 13.8. The maximum atomic E-state index is 12.9. The Morgan fingerprint density at radius 2 is 1.84 bits per heavy atom. The molecule has 2 N–H and O–H groups in total. The van der Waals surface area contributed by atoms with E-state index in [-0.39, 0.29) is 5.82 Å². The molecule has 0 spiro atoms. The van der Waals surface area contributed by atoms with Gasteiger partial charge in [0.15, 0.2) is 5.82 Å². The van der Waals surface area contributed by atoms with Gasteiger partial charge < -0.3 is 5.73 Å². The third-order valence-corrected chi connectivity index (χ3v) is 3.82. The highest BCUT2D eigenvalue weighted by Crippen LogP contribution is 2.24. The van der Waals surface area contributed by atoms with Gasteiger partial charge in [-0.1, -0.05) is 13.8 Å². The van der Waals surface area contributed by atoms with E-state index in [1.165, 1.54) is 12.1 Å². The van der Waals surface area contributed by atoms with Crippen molar-refractivity contribution in [2.45, 2.75) is 20.3 Å². The van der Waals surface area contributed by atoms with Crippen molar-refractivity contribution in [3.05, 3.63) is 39.3 Å². The first kappa shape index (κ1) is 14.2. The van der Waals surface area contributed by atoms with Gasteiger partial charge in [0.1, 0.15) is 11.6 Å². The Balaban J connectivity index is 2.46. The Morgan fingerprint density at radius 3 is 2.42 bits per heavy atom. The molecule has 2 rings (SSSR count). The van der Waals surface area contributed by atoms with Crippen LogP contribution in [0.2, 0.25) is 0 Å². The van der Waals surface area contributed by atoms with Gasteiger partial charge >= 0.3 is 0 Å². The number of rotatable bonds is 3.